The highest BCUT2D eigenvalue weighted by Crippen LogP contribution is 2.61. The van der Waals surface area contributed by atoms with Gasteiger partial charge < -0.3 is 0 Å². The van der Waals surface area contributed by atoms with E-state index in [-0.39, 0.29) is 4.90 Å². The van der Waals surface area contributed by atoms with Gasteiger partial charge in [-0.05, 0) is 87.2 Å². The Morgan fingerprint density at radius 3 is 2.42 bits per heavy atom. The highest BCUT2D eigenvalue weighted by atomic mass is 32.2. The summed E-state index contributed by atoms with van der Waals surface area (Å²) in [5.74, 6) is 3.13. The quantitative estimate of drug-likeness (QED) is 0.650. The number of fused-ring (bicyclic) bond motifs is 1. The Morgan fingerprint density at radius 1 is 1.15 bits per heavy atom. The molecule has 6 heteroatoms. The molecule has 26 heavy (non-hydrogen) atoms. The van der Waals surface area contributed by atoms with Crippen LogP contribution < -0.4 is 5.43 Å². The molecule has 0 radical (unpaired) electrons. The number of hydrazone groups is 1. The second-order valence-electron chi connectivity index (χ2n) is 8.96. The van der Waals surface area contributed by atoms with Crippen molar-refractivity contribution in [2.24, 2.45) is 32.7 Å². The lowest BCUT2D eigenvalue weighted by molar-refractivity contribution is -0.0482. The number of nitrogens with zero attached hydrogens (tertiary/aromatic N) is 2. The first-order chi connectivity index (χ1) is 12.4. The Bertz CT molecular complexity index is 881. The highest BCUT2D eigenvalue weighted by molar-refractivity contribution is 7.90. The molecule has 1 aromatic rings. The molecule has 0 saturated heterocycles. The summed E-state index contributed by atoms with van der Waals surface area (Å²) < 4.78 is 28.1. The number of benzene rings is 1. The van der Waals surface area contributed by atoms with E-state index in [1.165, 1.54) is 38.5 Å². The zero-order valence-corrected chi connectivity index (χ0v) is 15.9. The van der Waals surface area contributed by atoms with Gasteiger partial charge in [0.15, 0.2) is 5.84 Å². The lowest BCUT2D eigenvalue weighted by Gasteiger charge is -2.57. The van der Waals surface area contributed by atoms with Crippen LogP contribution in [0.3, 0.4) is 0 Å². The van der Waals surface area contributed by atoms with E-state index in [1.54, 1.807) is 18.2 Å². The van der Waals surface area contributed by atoms with Gasteiger partial charge in [-0.1, -0.05) is 12.1 Å². The molecule has 4 bridgehead atoms. The van der Waals surface area contributed by atoms with Gasteiger partial charge in [0, 0.05) is 11.3 Å². The second-order valence-corrected chi connectivity index (χ2v) is 10.5. The minimum atomic E-state index is -3.59. The van der Waals surface area contributed by atoms with Crippen molar-refractivity contribution in [3.05, 3.63) is 29.8 Å². The van der Waals surface area contributed by atoms with Crippen LogP contribution in [0.1, 0.15) is 57.4 Å². The van der Waals surface area contributed by atoms with Crippen LogP contribution in [-0.4, -0.2) is 20.0 Å². The number of nitrogens with one attached hydrogen (secondary N) is 1. The molecular weight excluding hydrogens is 346 g/mol. The maximum absolute atomic E-state index is 12.1. The number of hydrogen-bond acceptors (Lipinski definition) is 4. The van der Waals surface area contributed by atoms with Crippen LogP contribution in [0.15, 0.2) is 38.7 Å². The van der Waals surface area contributed by atoms with E-state index in [0.717, 1.165) is 29.9 Å². The largest absolute Gasteiger partial charge is 0.285 e. The van der Waals surface area contributed by atoms with Crippen LogP contribution in [0.5, 0.6) is 0 Å². The van der Waals surface area contributed by atoms with Crippen molar-refractivity contribution >= 4 is 21.6 Å². The Balaban J connectivity index is 1.33. The van der Waals surface area contributed by atoms with E-state index in [2.05, 4.69) is 21.8 Å². The van der Waals surface area contributed by atoms with Gasteiger partial charge in [0.25, 0.3) is 10.0 Å². The summed E-state index contributed by atoms with van der Waals surface area (Å²) in [6.07, 6.45) is 9.40. The van der Waals surface area contributed by atoms with Gasteiger partial charge in [-0.3, -0.25) is 5.43 Å². The molecule has 1 aliphatic heterocycles. The lowest BCUT2D eigenvalue weighted by atomic mass is 9.48. The first-order valence-corrected chi connectivity index (χ1v) is 11.1. The summed E-state index contributed by atoms with van der Waals surface area (Å²) in [6.45, 7) is 2.06. The van der Waals surface area contributed by atoms with Crippen LogP contribution in [0.4, 0.5) is 0 Å². The molecule has 6 rings (SSSR count). The highest BCUT2D eigenvalue weighted by Gasteiger charge is 2.50. The Kier molecular flexibility index (Phi) is 3.58. The monoisotopic (exact) mass is 371 g/mol. The molecule has 4 fully saturated rings. The van der Waals surface area contributed by atoms with Gasteiger partial charge >= 0.3 is 0 Å². The molecule has 0 aromatic heterocycles. The maximum Gasteiger partial charge on any atom is 0.285 e. The van der Waals surface area contributed by atoms with E-state index in [9.17, 15) is 8.42 Å². The smallest absolute Gasteiger partial charge is 0.260 e. The lowest BCUT2D eigenvalue weighted by Crippen LogP contribution is -2.46. The van der Waals surface area contributed by atoms with Crippen LogP contribution >= 0.6 is 0 Å². The molecule has 0 amide bonds. The fraction of sp³-hybridized carbons (Fsp3) is 0.600. The van der Waals surface area contributed by atoms with E-state index >= 15 is 0 Å². The maximum atomic E-state index is 12.1. The SMILES string of the molecule is CC(CC12CC3CC(CC(C3)C1)C2)=NNC1=NS(=O)(=O)c2ccccc21. The summed E-state index contributed by atoms with van der Waals surface area (Å²) in [7, 11) is -3.59. The van der Waals surface area contributed by atoms with Crippen molar-refractivity contribution in [1.82, 2.24) is 5.43 Å². The molecule has 1 heterocycles. The van der Waals surface area contributed by atoms with Gasteiger partial charge in [-0.15, -0.1) is 4.40 Å². The topological polar surface area (TPSA) is 70.9 Å². The summed E-state index contributed by atoms with van der Waals surface area (Å²) in [4.78, 5) is 0.261. The van der Waals surface area contributed by atoms with Crippen molar-refractivity contribution in [3.63, 3.8) is 0 Å². The second kappa shape index (κ2) is 5.65. The number of hydrogen-bond donors (Lipinski definition) is 1. The third-order valence-electron chi connectivity index (χ3n) is 6.78. The number of sulfonamides is 1. The predicted molar refractivity (Wildman–Crippen MR) is 102 cm³/mol. The van der Waals surface area contributed by atoms with E-state index < -0.39 is 10.0 Å². The fourth-order valence-electron chi connectivity index (χ4n) is 6.42. The van der Waals surface area contributed by atoms with Crippen LogP contribution in [-0.2, 0) is 10.0 Å². The van der Waals surface area contributed by atoms with Gasteiger partial charge in [0.2, 0.25) is 0 Å². The van der Waals surface area contributed by atoms with E-state index in [0.29, 0.717) is 16.8 Å². The molecular formula is C20H25N3O2S. The summed E-state index contributed by atoms with van der Waals surface area (Å²) in [5, 5.41) is 4.52. The molecule has 1 aromatic carbocycles. The van der Waals surface area contributed by atoms with Gasteiger partial charge in [0.1, 0.15) is 4.90 Å². The van der Waals surface area contributed by atoms with Gasteiger partial charge in [0.05, 0.1) is 0 Å². The first-order valence-electron chi connectivity index (χ1n) is 9.66. The molecule has 0 unspecified atom stereocenters. The Morgan fingerprint density at radius 2 is 1.77 bits per heavy atom. The standard InChI is InChI=1S/C20H25N3O2S/c1-13(9-20-10-14-6-15(11-20)8-16(7-14)12-20)21-22-19-17-4-2-3-5-18(17)26(24,25)23-19/h2-5,14-16H,6-12H2,1H3,(H,22,23). The molecule has 4 aliphatic carbocycles. The average molecular weight is 372 g/mol. The summed E-state index contributed by atoms with van der Waals surface area (Å²) in [5.41, 5.74) is 5.03. The zero-order chi connectivity index (χ0) is 17.9. The van der Waals surface area contributed by atoms with E-state index in [4.69, 9.17) is 0 Å². The first kappa shape index (κ1) is 16.5. The van der Waals surface area contributed by atoms with Crippen molar-refractivity contribution in [2.45, 2.75) is 56.8 Å². The molecule has 0 spiro atoms. The van der Waals surface area contributed by atoms with Gasteiger partial charge in [-0.2, -0.15) is 13.5 Å². The molecule has 5 nitrogen and oxygen atoms in total. The predicted octanol–water partition coefficient (Wildman–Crippen LogP) is 3.71. The molecule has 1 N–H and O–H groups in total. The third kappa shape index (κ3) is 2.70. The zero-order valence-electron chi connectivity index (χ0n) is 15.1. The van der Waals surface area contributed by atoms with Crippen molar-refractivity contribution < 1.29 is 8.42 Å². The van der Waals surface area contributed by atoms with Crippen molar-refractivity contribution in [1.29, 1.82) is 0 Å². The molecule has 5 aliphatic rings. The molecule has 138 valence electrons. The Labute approximate surface area is 155 Å². The van der Waals surface area contributed by atoms with E-state index in [1.807, 2.05) is 6.07 Å². The summed E-state index contributed by atoms with van der Waals surface area (Å²) >= 11 is 0. The van der Waals surface area contributed by atoms with Crippen LogP contribution in [0.25, 0.3) is 0 Å². The number of amidine groups is 1. The van der Waals surface area contributed by atoms with Crippen molar-refractivity contribution in [3.8, 4) is 0 Å². The minimum absolute atomic E-state index is 0.261. The number of rotatable bonds is 3. The molecule has 4 saturated carbocycles. The summed E-state index contributed by atoms with van der Waals surface area (Å²) in [6, 6.07) is 6.91. The van der Waals surface area contributed by atoms with Gasteiger partial charge in [-0.25, -0.2) is 0 Å². The third-order valence-corrected chi connectivity index (χ3v) is 8.11. The van der Waals surface area contributed by atoms with Crippen molar-refractivity contribution in [2.75, 3.05) is 0 Å². The van der Waals surface area contributed by atoms with Crippen LogP contribution in [0.2, 0.25) is 0 Å². The molecule has 0 atom stereocenters. The normalized spacial score (nSPS) is 36.7. The minimum Gasteiger partial charge on any atom is -0.260 e. The Hall–Kier alpha value is -1.69. The average Bonchev–Trinajstić information content (AvgIpc) is 2.83. The van der Waals surface area contributed by atoms with Crippen LogP contribution in [0, 0.1) is 23.2 Å². The fourth-order valence-corrected chi connectivity index (χ4v) is 7.59.